The van der Waals surface area contributed by atoms with Crippen molar-refractivity contribution in [2.24, 2.45) is 0 Å². The maximum Gasteiger partial charge on any atom is 0.224 e. The summed E-state index contributed by atoms with van der Waals surface area (Å²) in [6, 6.07) is 6.82. The van der Waals surface area contributed by atoms with E-state index in [1.54, 1.807) is 24.3 Å². The van der Waals surface area contributed by atoms with Crippen molar-refractivity contribution in [3.8, 4) is 5.75 Å². The lowest BCUT2D eigenvalue weighted by Crippen LogP contribution is -2.28. The SMILES string of the molecule is O=C(Cc1ccccc1O)NCCOCCBr. The summed E-state index contributed by atoms with van der Waals surface area (Å²) in [7, 11) is 0. The zero-order valence-electron chi connectivity index (χ0n) is 9.49. The van der Waals surface area contributed by atoms with E-state index >= 15 is 0 Å². The lowest BCUT2D eigenvalue weighted by atomic mass is 10.1. The third-order valence-corrected chi connectivity index (χ3v) is 2.46. The van der Waals surface area contributed by atoms with Crippen LogP contribution in [-0.4, -0.2) is 36.1 Å². The van der Waals surface area contributed by atoms with Gasteiger partial charge in [-0.3, -0.25) is 4.79 Å². The highest BCUT2D eigenvalue weighted by atomic mass is 79.9. The molecule has 0 spiro atoms. The maximum absolute atomic E-state index is 11.5. The van der Waals surface area contributed by atoms with Gasteiger partial charge in [-0.05, 0) is 6.07 Å². The van der Waals surface area contributed by atoms with Crippen LogP contribution in [-0.2, 0) is 16.0 Å². The molecule has 0 saturated heterocycles. The molecule has 4 nitrogen and oxygen atoms in total. The molecular formula is C12H16BrNO3. The highest BCUT2D eigenvalue weighted by Gasteiger charge is 2.05. The van der Waals surface area contributed by atoms with Crippen LogP contribution in [0.15, 0.2) is 24.3 Å². The van der Waals surface area contributed by atoms with Gasteiger partial charge in [0.25, 0.3) is 0 Å². The second-order valence-corrected chi connectivity index (χ2v) is 4.25. The van der Waals surface area contributed by atoms with Gasteiger partial charge in [-0.1, -0.05) is 34.1 Å². The van der Waals surface area contributed by atoms with Gasteiger partial charge in [-0.2, -0.15) is 0 Å². The minimum absolute atomic E-state index is 0.117. The number of carbonyl (C=O) groups excluding carboxylic acids is 1. The largest absolute Gasteiger partial charge is 0.508 e. The number of hydrogen-bond acceptors (Lipinski definition) is 3. The van der Waals surface area contributed by atoms with E-state index in [2.05, 4.69) is 21.2 Å². The third-order valence-electron chi connectivity index (χ3n) is 2.13. The van der Waals surface area contributed by atoms with Crippen LogP contribution in [0.5, 0.6) is 5.75 Å². The summed E-state index contributed by atoms with van der Waals surface area (Å²) in [5, 5.41) is 13.0. The predicted octanol–water partition coefficient (Wildman–Crippen LogP) is 1.46. The summed E-state index contributed by atoms with van der Waals surface area (Å²) in [5.74, 6) is 0.0344. The van der Waals surface area contributed by atoms with Gasteiger partial charge in [0.2, 0.25) is 5.91 Å². The van der Waals surface area contributed by atoms with Crippen molar-refractivity contribution in [1.29, 1.82) is 0 Å². The van der Waals surface area contributed by atoms with Crippen LogP contribution < -0.4 is 5.32 Å². The number of phenols is 1. The van der Waals surface area contributed by atoms with Crippen molar-refractivity contribution in [2.75, 3.05) is 25.1 Å². The average Bonchev–Trinajstić information content (AvgIpc) is 2.32. The summed E-state index contributed by atoms with van der Waals surface area (Å²) in [5.41, 5.74) is 0.631. The number of amides is 1. The van der Waals surface area contributed by atoms with Crippen LogP contribution in [0, 0.1) is 0 Å². The van der Waals surface area contributed by atoms with Gasteiger partial charge in [-0.15, -0.1) is 0 Å². The smallest absolute Gasteiger partial charge is 0.224 e. The van der Waals surface area contributed by atoms with Gasteiger partial charge in [0.05, 0.1) is 19.6 Å². The van der Waals surface area contributed by atoms with E-state index in [9.17, 15) is 9.90 Å². The second-order valence-electron chi connectivity index (χ2n) is 3.46. The third kappa shape index (κ3) is 5.70. The topological polar surface area (TPSA) is 58.6 Å². The van der Waals surface area contributed by atoms with Crippen molar-refractivity contribution >= 4 is 21.8 Å². The zero-order chi connectivity index (χ0) is 12.5. The standard InChI is InChI=1S/C12H16BrNO3/c13-5-7-17-8-6-14-12(16)9-10-3-1-2-4-11(10)15/h1-4,15H,5-9H2,(H,14,16). The monoisotopic (exact) mass is 301 g/mol. The maximum atomic E-state index is 11.5. The molecule has 0 aliphatic carbocycles. The Hall–Kier alpha value is -1.07. The first-order valence-electron chi connectivity index (χ1n) is 5.41. The summed E-state index contributed by atoms with van der Waals surface area (Å²) in [6.45, 7) is 1.62. The lowest BCUT2D eigenvalue weighted by Gasteiger charge is -2.06. The number of alkyl halides is 1. The number of hydrogen-bond donors (Lipinski definition) is 2. The summed E-state index contributed by atoms with van der Waals surface area (Å²) < 4.78 is 5.20. The molecule has 17 heavy (non-hydrogen) atoms. The fourth-order valence-electron chi connectivity index (χ4n) is 1.32. The Balaban J connectivity index is 2.23. The highest BCUT2D eigenvalue weighted by molar-refractivity contribution is 9.09. The van der Waals surface area contributed by atoms with Crippen LogP contribution in [0.1, 0.15) is 5.56 Å². The van der Waals surface area contributed by atoms with Crippen molar-refractivity contribution in [2.45, 2.75) is 6.42 Å². The Morgan fingerprint density at radius 2 is 2.12 bits per heavy atom. The number of para-hydroxylation sites is 1. The van der Waals surface area contributed by atoms with Crippen LogP contribution >= 0.6 is 15.9 Å². The van der Waals surface area contributed by atoms with E-state index in [1.807, 2.05) is 0 Å². The number of ether oxygens (including phenoxy) is 1. The van der Waals surface area contributed by atoms with E-state index in [4.69, 9.17) is 4.74 Å². The zero-order valence-corrected chi connectivity index (χ0v) is 11.1. The number of halogens is 1. The summed E-state index contributed by atoms with van der Waals surface area (Å²) in [4.78, 5) is 11.5. The van der Waals surface area contributed by atoms with E-state index in [0.29, 0.717) is 25.3 Å². The molecular weight excluding hydrogens is 286 g/mol. The molecule has 0 aromatic heterocycles. The van der Waals surface area contributed by atoms with Gasteiger partial charge in [0.1, 0.15) is 5.75 Å². The minimum atomic E-state index is -0.117. The molecule has 0 unspecified atom stereocenters. The van der Waals surface area contributed by atoms with E-state index < -0.39 is 0 Å². The lowest BCUT2D eigenvalue weighted by molar-refractivity contribution is -0.120. The fraction of sp³-hybridized carbons (Fsp3) is 0.417. The molecule has 0 aliphatic rings. The first-order valence-corrected chi connectivity index (χ1v) is 6.53. The Morgan fingerprint density at radius 1 is 1.35 bits per heavy atom. The predicted molar refractivity (Wildman–Crippen MR) is 69.4 cm³/mol. The summed E-state index contributed by atoms with van der Waals surface area (Å²) in [6.07, 6.45) is 0.186. The summed E-state index contributed by atoms with van der Waals surface area (Å²) >= 11 is 3.24. The first-order chi connectivity index (χ1) is 8.24. The number of phenolic OH excluding ortho intramolecular Hbond substituents is 1. The molecule has 94 valence electrons. The van der Waals surface area contributed by atoms with Crippen molar-refractivity contribution in [1.82, 2.24) is 5.32 Å². The van der Waals surface area contributed by atoms with Gasteiger partial charge < -0.3 is 15.2 Å². The van der Waals surface area contributed by atoms with E-state index in [0.717, 1.165) is 5.33 Å². The Kier molecular flexibility index (Phi) is 6.65. The van der Waals surface area contributed by atoms with Gasteiger partial charge >= 0.3 is 0 Å². The molecule has 0 saturated carbocycles. The average molecular weight is 302 g/mol. The molecule has 1 aromatic carbocycles. The van der Waals surface area contributed by atoms with Gasteiger partial charge in [0.15, 0.2) is 0 Å². The van der Waals surface area contributed by atoms with E-state index in [-0.39, 0.29) is 18.1 Å². The molecule has 2 N–H and O–H groups in total. The number of carbonyl (C=O) groups is 1. The molecule has 1 amide bonds. The van der Waals surface area contributed by atoms with Crippen LogP contribution in [0.4, 0.5) is 0 Å². The van der Waals surface area contributed by atoms with Gasteiger partial charge in [-0.25, -0.2) is 0 Å². The number of nitrogens with one attached hydrogen (secondary N) is 1. The minimum Gasteiger partial charge on any atom is -0.508 e. The Bertz CT molecular complexity index is 357. The van der Waals surface area contributed by atoms with Gasteiger partial charge in [0, 0.05) is 17.4 Å². The Labute approximate surface area is 109 Å². The molecule has 0 heterocycles. The highest BCUT2D eigenvalue weighted by Crippen LogP contribution is 2.15. The van der Waals surface area contributed by atoms with Crippen molar-refractivity contribution in [3.05, 3.63) is 29.8 Å². The first kappa shape index (κ1) is 14.0. The molecule has 5 heteroatoms. The molecule has 0 aliphatic heterocycles. The number of rotatable bonds is 7. The van der Waals surface area contributed by atoms with E-state index in [1.165, 1.54) is 0 Å². The molecule has 0 radical (unpaired) electrons. The van der Waals surface area contributed by atoms with Crippen LogP contribution in [0.3, 0.4) is 0 Å². The molecule has 1 aromatic rings. The molecule has 0 atom stereocenters. The van der Waals surface area contributed by atoms with Crippen LogP contribution in [0.2, 0.25) is 0 Å². The Morgan fingerprint density at radius 3 is 2.82 bits per heavy atom. The molecule has 0 fully saturated rings. The van der Waals surface area contributed by atoms with Crippen molar-refractivity contribution < 1.29 is 14.6 Å². The molecule has 1 rings (SSSR count). The van der Waals surface area contributed by atoms with Crippen LogP contribution in [0.25, 0.3) is 0 Å². The van der Waals surface area contributed by atoms with Crippen molar-refractivity contribution in [3.63, 3.8) is 0 Å². The quantitative estimate of drug-likeness (QED) is 0.592. The number of aromatic hydroxyl groups is 1. The molecule has 0 bridgehead atoms. The fourth-order valence-corrected chi connectivity index (χ4v) is 1.54. The second kappa shape index (κ2) is 8.08. The normalized spacial score (nSPS) is 10.2. The number of benzene rings is 1.